The standard InChI is InChI=1S/C22H38N6O/c1-4-5-8-15-23-22(29)25-17-13-11-16(12-14-17)24-21-26-19-10-7-6-9-18(19)20(27-21)28(2)3/h16-17H,4-15H2,1-3H3,(H2,23,25,29)(H,24,26,27). The average Bonchev–Trinajstić information content (AvgIpc) is 2.72. The van der Waals surface area contributed by atoms with Crippen LogP contribution in [-0.2, 0) is 12.8 Å². The molecule has 162 valence electrons. The predicted molar refractivity (Wildman–Crippen MR) is 119 cm³/mol. The lowest BCUT2D eigenvalue weighted by Gasteiger charge is -2.30. The second-order valence-corrected chi connectivity index (χ2v) is 8.70. The third-order valence-corrected chi connectivity index (χ3v) is 6.05. The van der Waals surface area contributed by atoms with Crippen molar-refractivity contribution in [3.63, 3.8) is 0 Å². The quantitative estimate of drug-likeness (QED) is 0.579. The minimum absolute atomic E-state index is 0.0221. The summed E-state index contributed by atoms with van der Waals surface area (Å²) in [6, 6.07) is 0.615. The molecule has 7 heteroatoms. The van der Waals surface area contributed by atoms with Crippen LogP contribution in [0.1, 0.15) is 76.0 Å². The van der Waals surface area contributed by atoms with Gasteiger partial charge in [-0.2, -0.15) is 4.98 Å². The number of urea groups is 1. The van der Waals surface area contributed by atoms with Crippen molar-refractivity contribution in [1.29, 1.82) is 0 Å². The molecule has 1 fully saturated rings. The fourth-order valence-corrected chi connectivity index (χ4v) is 4.39. The van der Waals surface area contributed by atoms with Crippen LogP contribution in [0.3, 0.4) is 0 Å². The molecule has 7 nitrogen and oxygen atoms in total. The molecule has 29 heavy (non-hydrogen) atoms. The first kappa shape index (κ1) is 21.7. The molecule has 2 amide bonds. The van der Waals surface area contributed by atoms with Gasteiger partial charge in [0.25, 0.3) is 0 Å². The van der Waals surface area contributed by atoms with E-state index < -0.39 is 0 Å². The van der Waals surface area contributed by atoms with Crippen LogP contribution in [-0.4, -0.2) is 48.7 Å². The summed E-state index contributed by atoms with van der Waals surface area (Å²) in [5.41, 5.74) is 2.54. The number of aryl methyl sites for hydroxylation is 1. The first-order valence-electron chi connectivity index (χ1n) is 11.4. The van der Waals surface area contributed by atoms with Crippen molar-refractivity contribution < 1.29 is 4.79 Å². The van der Waals surface area contributed by atoms with Crippen LogP contribution in [0.4, 0.5) is 16.6 Å². The molecule has 2 aliphatic carbocycles. The largest absolute Gasteiger partial charge is 0.362 e. The highest BCUT2D eigenvalue weighted by Crippen LogP contribution is 2.29. The van der Waals surface area contributed by atoms with Crippen LogP contribution in [0, 0.1) is 0 Å². The number of aromatic nitrogens is 2. The molecule has 0 saturated heterocycles. The summed E-state index contributed by atoms with van der Waals surface area (Å²) >= 11 is 0. The van der Waals surface area contributed by atoms with E-state index in [0.29, 0.717) is 6.04 Å². The summed E-state index contributed by atoms with van der Waals surface area (Å²) in [5, 5.41) is 9.67. The number of carbonyl (C=O) groups excluding carboxylic acids is 1. The number of hydrogen-bond donors (Lipinski definition) is 3. The Hall–Kier alpha value is -2.05. The third kappa shape index (κ3) is 6.21. The Morgan fingerprint density at radius 3 is 2.48 bits per heavy atom. The summed E-state index contributed by atoms with van der Waals surface area (Å²) in [6.45, 7) is 2.93. The SMILES string of the molecule is CCCCCNC(=O)NC1CCC(Nc2nc3c(c(N(C)C)n2)CCCC3)CC1. The number of amides is 2. The van der Waals surface area contributed by atoms with E-state index in [9.17, 15) is 4.79 Å². The Morgan fingerprint density at radius 1 is 1.03 bits per heavy atom. The molecule has 1 aromatic rings. The number of nitrogens with zero attached hydrogens (tertiary/aromatic N) is 3. The summed E-state index contributed by atoms with van der Waals surface area (Å²) in [4.78, 5) is 23.8. The lowest BCUT2D eigenvalue weighted by atomic mass is 9.91. The van der Waals surface area contributed by atoms with Crippen LogP contribution in [0.15, 0.2) is 0 Å². The molecule has 1 saturated carbocycles. The molecule has 1 aromatic heterocycles. The maximum Gasteiger partial charge on any atom is 0.315 e. The Morgan fingerprint density at radius 2 is 1.76 bits per heavy atom. The number of hydrogen-bond acceptors (Lipinski definition) is 5. The monoisotopic (exact) mass is 402 g/mol. The van der Waals surface area contributed by atoms with Gasteiger partial charge in [-0.05, 0) is 57.8 Å². The molecule has 1 heterocycles. The highest BCUT2D eigenvalue weighted by atomic mass is 16.2. The molecule has 0 bridgehead atoms. The first-order chi connectivity index (χ1) is 14.1. The molecule has 0 spiro atoms. The van der Waals surface area contributed by atoms with Gasteiger partial charge in [0.2, 0.25) is 5.95 Å². The summed E-state index contributed by atoms with van der Waals surface area (Å²) in [6.07, 6.45) is 12.0. The van der Waals surface area contributed by atoms with E-state index in [1.165, 1.54) is 30.5 Å². The predicted octanol–water partition coefficient (Wildman–Crippen LogP) is 3.63. The zero-order chi connectivity index (χ0) is 20.6. The topological polar surface area (TPSA) is 82.2 Å². The van der Waals surface area contributed by atoms with Crippen molar-refractivity contribution >= 4 is 17.8 Å². The Labute approximate surface area is 175 Å². The first-order valence-corrected chi connectivity index (χ1v) is 11.4. The van der Waals surface area contributed by atoms with Crippen molar-refractivity contribution in [1.82, 2.24) is 20.6 Å². The second-order valence-electron chi connectivity index (χ2n) is 8.70. The number of unbranched alkanes of at least 4 members (excludes halogenated alkanes) is 2. The van der Waals surface area contributed by atoms with Crippen molar-refractivity contribution in [2.45, 2.75) is 89.6 Å². The lowest BCUT2D eigenvalue weighted by molar-refractivity contribution is 0.231. The molecule has 0 aliphatic heterocycles. The third-order valence-electron chi connectivity index (χ3n) is 6.05. The van der Waals surface area contributed by atoms with Gasteiger partial charge in [-0.25, -0.2) is 9.78 Å². The van der Waals surface area contributed by atoms with Gasteiger partial charge >= 0.3 is 6.03 Å². The van der Waals surface area contributed by atoms with Crippen molar-refractivity contribution in [3.8, 4) is 0 Å². The summed E-state index contributed by atoms with van der Waals surface area (Å²) in [5.74, 6) is 1.83. The number of fused-ring (bicyclic) bond motifs is 1. The van der Waals surface area contributed by atoms with E-state index in [0.717, 1.165) is 69.7 Å². The van der Waals surface area contributed by atoms with E-state index >= 15 is 0 Å². The molecular formula is C22H38N6O. The maximum atomic E-state index is 12.0. The van der Waals surface area contributed by atoms with Gasteiger partial charge in [-0.15, -0.1) is 0 Å². The molecule has 2 aliphatic rings. The van der Waals surface area contributed by atoms with Crippen molar-refractivity contribution in [2.24, 2.45) is 0 Å². The van der Waals surface area contributed by atoms with Gasteiger partial charge in [0.15, 0.2) is 0 Å². The van der Waals surface area contributed by atoms with Crippen molar-refractivity contribution in [3.05, 3.63) is 11.3 Å². The van der Waals surface area contributed by atoms with Crippen molar-refractivity contribution in [2.75, 3.05) is 30.9 Å². The van der Waals surface area contributed by atoms with Crippen LogP contribution in [0.25, 0.3) is 0 Å². The molecule has 3 N–H and O–H groups in total. The zero-order valence-electron chi connectivity index (χ0n) is 18.4. The minimum Gasteiger partial charge on any atom is -0.362 e. The van der Waals surface area contributed by atoms with E-state index in [2.05, 4.69) is 41.9 Å². The lowest BCUT2D eigenvalue weighted by Crippen LogP contribution is -2.45. The highest BCUT2D eigenvalue weighted by molar-refractivity contribution is 5.74. The van der Waals surface area contributed by atoms with E-state index in [-0.39, 0.29) is 12.1 Å². The summed E-state index contributed by atoms with van der Waals surface area (Å²) in [7, 11) is 4.12. The second kappa shape index (κ2) is 10.6. The van der Waals surface area contributed by atoms with Gasteiger partial charge < -0.3 is 20.9 Å². The zero-order valence-corrected chi connectivity index (χ0v) is 18.4. The van der Waals surface area contributed by atoms with Gasteiger partial charge in [0, 0.05) is 38.3 Å². The average molecular weight is 403 g/mol. The van der Waals surface area contributed by atoms with Gasteiger partial charge in [0.1, 0.15) is 5.82 Å². The molecule has 3 rings (SSSR count). The fraction of sp³-hybridized carbons (Fsp3) is 0.773. The molecule has 0 aromatic carbocycles. The number of carbonyl (C=O) groups is 1. The molecule has 0 atom stereocenters. The Balaban J connectivity index is 1.48. The number of nitrogens with one attached hydrogen (secondary N) is 3. The van der Waals surface area contributed by atoms with E-state index in [1.54, 1.807) is 0 Å². The highest BCUT2D eigenvalue weighted by Gasteiger charge is 2.24. The van der Waals surface area contributed by atoms with Crippen LogP contribution in [0.5, 0.6) is 0 Å². The van der Waals surface area contributed by atoms with Gasteiger partial charge in [-0.1, -0.05) is 19.8 Å². The molecular weight excluding hydrogens is 364 g/mol. The molecule has 0 unspecified atom stereocenters. The van der Waals surface area contributed by atoms with Gasteiger partial charge in [-0.3, -0.25) is 0 Å². The fourth-order valence-electron chi connectivity index (χ4n) is 4.39. The van der Waals surface area contributed by atoms with Gasteiger partial charge in [0.05, 0.1) is 5.69 Å². The van der Waals surface area contributed by atoms with E-state index in [1.807, 2.05) is 0 Å². The maximum absolute atomic E-state index is 12.0. The Kier molecular flexibility index (Phi) is 7.95. The smallest absolute Gasteiger partial charge is 0.315 e. The normalized spacial score (nSPS) is 21.2. The number of rotatable bonds is 8. The summed E-state index contributed by atoms with van der Waals surface area (Å²) < 4.78 is 0. The number of anilines is 2. The molecule has 0 radical (unpaired) electrons. The van der Waals surface area contributed by atoms with E-state index in [4.69, 9.17) is 9.97 Å². The van der Waals surface area contributed by atoms with Crippen LogP contribution >= 0.6 is 0 Å². The minimum atomic E-state index is -0.0221. The van der Waals surface area contributed by atoms with Crippen LogP contribution in [0.2, 0.25) is 0 Å². The Bertz CT molecular complexity index is 670. The van der Waals surface area contributed by atoms with Crippen LogP contribution < -0.4 is 20.9 Å².